The number of rotatable bonds is 6. The van der Waals surface area contributed by atoms with Crippen LogP contribution >= 0.6 is 0 Å². The van der Waals surface area contributed by atoms with E-state index in [1.165, 1.54) is 9.21 Å². The second-order valence-corrected chi connectivity index (χ2v) is 9.13. The van der Waals surface area contributed by atoms with E-state index in [4.69, 9.17) is 0 Å². The maximum Gasteiger partial charge on any atom is 0.326 e. The second kappa shape index (κ2) is 8.39. The average Bonchev–Trinajstić information content (AvgIpc) is 3.22. The Balaban J connectivity index is 1.60. The number of aryl methyl sites for hydroxylation is 1. The largest absolute Gasteiger partial charge is 0.480 e. The van der Waals surface area contributed by atoms with E-state index in [-0.39, 0.29) is 17.2 Å². The first-order valence-electron chi connectivity index (χ1n) is 9.51. The number of hydrogen-bond donors (Lipinski definition) is 1. The molecule has 0 aliphatic carbocycles. The molecule has 1 N–H and O–H groups in total. The van der Waals surface area contributed by atoms with Gasteiger partial charge >= 0.3 is 5.97 Å². The molecule has 27 heavy (non-hydrogen) atoms. The summed E-state index contributed by atoms with van der Waals surface area (Å²) in [4.78, 5) is 25.5. The number of nitrogens with zero attached hydrogens (tertiary/aromatic N) is 2. The zero-order chi connectivity index (χ0) is 19.4. The molecule has 2 saturated heterocycles. The van der Waals surface area contributed by atoms with Crippen molar-refractivity contribution in [2.24, 2.45) is 0 Å². The van der Waals surface area contributed by atoms with Crippen LogP contribution in [0.3, 0.4) is 0 Å². The van der Waals surface area contributed by atoms with Gasteiger partial charge in [0.05, 0.1) is 4.90 Å². The molecule has 2 aliphatic heterocycles. The number of carbonyl (C=O) groups is 2. The molecule has 2 aliphatic rings. The minimum absolute atomic E-state index is 0.157. The molecule has 0 spiro atoms. The van der Waals surface area contributed by atoms with Gasteiger partial charge in [-0.05, 0) is 56.2 Å². The highest BCUT2D eigenvalue weighted by Gasteiger charge is 2.31. The molecule has 3 rings (SSSR count). The maximum absolute atomic E-state index is 12.5. The first-order valence-corrected chi connectivity index (χ1v) is 10.9. The summed E-state index contributed by atoms with van der Waals surface area (Å²) in [7, 11) is -3.43. The number of carboxylic acids is 1. The Hall–Kier alpha value is -1.93. The Kier molecular flexibility index (Phi) is 6.16. The number of benzene rings is 1. The van der Waals surface area contributed by atoms with Crippen LogP contribution in [0.25, 0.3) is 0 Å². The molecular formula is C19H26N2O5S. The van der Waals surface area contributed by atoms with E-state index in [1.807, 2.05) is 0 Å². The standard InChI is InChI=1S/C19H26N2O5S/c22-18(21-14-2-1-5-17(21)19(23)24)11-8-15-6-9-16(10-7-15)27(25,26)20-12-3-4-13-20/h6-7,9-10,17H,1-5,8,11-14H2,(H,23,24). The Morgan fingerprint density at radius 1 is 1.00 bits per heavy atom. The molecule has 148 valence electrons. The van der Waals surface area contributed by atoms with Crippen LogP contribution in [-0.4, -0.2) is 60.3 Å². The Bertz CT molecular complexity index is 785. The van der Waals surface area contributed by atoms with Crippen LogP contribution in [0.15, 0.2) is 29.2 Å². The van der Waals surface area contributed by atoms with Gasteiger partial charge in [-0.25, -0.2) is 13.2 Å². The lowest BCUT2D eigenvalue weighted by Gasteiger charge is -2.33. The topological polar surface area (TPSA) is 95.0 Å². The van der Waals surface area contributed by atoms with Crippen molar-refractivity contribution in [2.75, 3.05) is 19.6 Å². The van der Waals surface area contributed by atoms with Crippen LogP contribution in [-0.2, 0) is 26.0 Å². The zero-order valence-electron chi connectivity index (χ0n) is 15.3. The number of piperidine rings is 1. The molecule has 0 aromatic heterocycles. The van der Waals surface area contributed by atoms with Gasteiger partial charge in [-0.2, -0.15) is 4.31 Å². The van der Waals surface area contributed by atoms with Crippen LogP contribution < -0.4 is 0 Å². The van der Waals surface area contributed by atoms with Gasteiger partial charge < -0.3 is 10.0 Å². The van der Waals surface area contributed by atoms with E-state index in [0.29, 0.717) is 32.5 Å². The van der Waals surface area contributed by atoms with Crippen LogP contribution in [0.5, 0.6) is 0 Å². The molecule has 1 unspecified atom stereocenters. The molecule has 2 fully saturated rings. The molecule has 1 aromatic carbocycles. The van der Waals surface area contributed by atoms with Gasteiger partial charge in [-0.15, -0.1) is 0 Å². The third kappa shape index (κ3) is 4.50. The molecule has 7 nitrogen and oxygen atoms in total. The monoisotopic (exact) mass is 394 g/mol. The predicted molar refractivity (Wildman–Crippen MR) is 99.7 cm³/mol. The maximum atomic E-state index is 12.5. The van der Waals surface area contributed by atoms with Crippen molar-refractivity contribution in [1.29, 1.82) is 0 Å². The lowest BCUT2D eigenvalue weighted by atomic mass is 10.0. The Morgan fingerprint density at radius 2 is 1.63 bits per heavy atom. The van der Waals surface area contributed by atoms with Crippen molar-refractivity contribution in [3.8, 4) is 0 Å². The van der Waals surface area contributed by atoms with Crippen molar-refractivity contribution >= 4 is 21.9 Å². The average molecular weight is 394 g/mol. The van der Waals surface area contributed by atoms with Gasteiger partial charge in [0.2, 0.25) is 15.9 Å². The number of amides is 1. The van der Waals surface area contributed by atoms with E-state index in [0.717, 1.165) is 31.2 Å². The molecule has 8 heteroatoms. The minimum Gasteiger partial charge on any atom is -0.480 e. The van der Waals surface area contributed by atoms with Gasteiger partial charge in [0.25, 0.3) is 0 Å². The van der Waals surface area contributed by atoms with Gasteiger partial charge in [0, 0.05) is 26.1 Å². The summed E-state index contributed by atoms with van der Waals surface area (Å²) in [6, 6.07) is 5.93. The summed E-state index contributed by atoms with van der Waals surface area (Å²) in [6.07, 6.45) is 4.64. The van der Waals surface area contributed by atoms with Crippen molar-refractivity contribution in [1.82, 2.24) is 9.21 Å². The van der Waals surface area contributed by atoms with Crippen LogP contribution in [0.4, 0.5) is 0 Å². The first-order chi connectivity index (χ1) is 12.9. The van der Waals surface area contributed by atoms with E-state index in [1.54, 1.807) is 24.3 Å². The quantitative estimate of drug-likeness (QED) is 0.795. The van der Waals surface area contributed by atoms with Gasteiger partial charge in [0.15, 0.2) is 0 Å². The molecule has 2 heterocycles. The Labute approximate surface area is 160 Å². The van der Waals surface area contributed by atoms with Crippen LogP contribution in [0, 0.1) is 0 Å². The fourth-order valence-electron chi connectivity index (χ4n) is 3.79. The van der Waals surface area contributed by atoms with Gasteiger partial charge in [-0.3, -0.25) is 4.79 Å². The molecule has 1 amide bonds. The number of hydrogen-bond acceptors (Lipinski definition) is 4. The molecule has 0 bridgehead atoms. The number of likely N-dealkylation sites (tertiary alicyclic amines) is 1. The predicted octanol–water partition coefficient (Wildman–Crippen LogP) is 1.87. The fraction of sp³-hybridized carbons (Fsp3) is 0.579. The van der Waals surface area contributed by atoms with E-state index < -0.39 is 22.0 Å². The summed E-state index contributed by atoms with van der Waals surface area (Å²) < 4.78 is 26.6. The van der Waals surface area contributed by atoms with Crippen LogP contribution in [0.2, 0.25) is 0 Å². The first kappa shape index (κ1) is 19.8. The third-order valence-electron chi connectivity index (χ3n) is 5.36. The summed E-state index contributed by atoms with van der Waals surface area (Å²) in [5.74, 6) is -1.10. The summed E-state index contributed by atoms with van der Waals surface area (Å²) >= 11 is 0. The van der Waals surface area contributed by atoms with E-state index >= 15 is 0 Å². The normalized spacial score (nSPS) is 21.3. The number of carbonyl (C=O) groups excluding carboxylic acids is 1. The number of carboxylic acid groups (broad SMARTS) is 1. The number of sulfonamides is 1. The van der Waals surface area contributed by atoms with Gasteiger partial charge in [0.1, 0.15) is 6.04 Å². The summed E-state index contributed by atoms with van der Waals surface area (Å²) in [5.41, 5.74) is 0.868. The zero-order valence-corrected chi connectivity index (χ0v) is 16.2. The molecule has 1 atom stereocenters. The molecule has 1 aromatic rings. The smallest absolute Gasteiger partial charge is 0.326 e. The third-order valence-corrected chi connectivity index (χ3v) is 7.27. The van der Waals surface area contributed by atoms with E-state index in [9.17, 15) is 23.1 Å². The second-order valence-electron chi connectivity index (χ2n) is 7.19. The Morgan fingerprint density at radius 3 is 2.26 bits per heavy atom. The minimum atomic E-state index is -3.43. The lowest BCUT2D eigenvalue weighted by Crippen LogP contribution is -2.48. The molecule has 0 saturated carbocycles. The highest BCUT2D eigenvalue weighted by Crippen LogP contribution is 2.22. The van der Waals surface area contributed by atoms with Crippen LogP contribution in [0.1, 0.15) is 44.1 Å². The molecular weight excluding hydrogens is 368 g/mol. The highest BCUT2D eigenvalue weighted by atomic mass is 32.2. The van der Waals surface area contributed by atoms with Crippen molar-refractivity contribution < 1.29 is 23.1 Å². The number of aliphatic carboxylic acids is 1. The lowest BCUT2D eigenvalue weighted by molar-refractivity contribution is -0.152. The SMILES string of the molecule is O=C(O)C1CCCCN1C(=O)CCc1ccc(S(=O)(=O)N2CCCC2)cc1. The van der Waals surface area contributed by atoms with E-state index in [2.05, 4.69) is 0 Å². The van der Waals surface area contributed by atoms with Crippen molar-refractivity contribution in [3.05, 3.63) is 29.8 Å². The van der Waals surface area contributed by atoms with Crippen molar-refractivity contribution in [3.63, 3.8) is 0 Å². The fourth-order valence-corrected chi connectivity index (χ4v) is 5.30. The van der Waals surface area contributed by atoms with Crippen molar-refractivity contribution in [2.45, 2.75) is 55.9 Å². The summed E-state index contributed by atoms with van der Waals surface area (Å²) in [6.45, 7) is 1.63. The molecule has 0 radical (unpaired) electrons. The summed E-state index contributed by atoms with van der Waals surface area (Å²) in [5, 5.41) is 9.28. The van der Waals surface area contributed by atoms with Gasteiger partial charge in [-0.1, -0.05) is 12.1 Å². The highest BCUT2D eigenvalue weighted by molar-refractivity contribution is 7.89.